The zero-order valence-electron chi connectivity index (χ0n) is 10.8. The van der Waals surface area contributed by atoms with Crippen molar-refractivity contribution in [3.05, 3.63) is 0 Å². The lowest BCUT2D eigenvalue weighted by Gasteiger charge is -2.42. The molecule has 0 bridgehead atoms. The smallest absolute Gasteiger partial charge is 0.310 e. The van der Waals surface area contributed by atoms with E-state index >= 15 is 0 Å². The molecule has 0 aliphatic carbocycles. The van der Waals surface area contributed by atoms with Gasteiger partial charge in [0.15, 0.2) is 0 Å². The van der Waals surface area contributed by atoms with Gasteiger partial charge in [-0.3, -0.25) is 9.69 Å². The lowest BCUT2D eigenvalue weighted by molar-refractivity contribution is -0.153. The topological polar surface area (TPSA) is 40.5 Å². The highest BCUT2D eigenvalue weighted by molar-refractivity contribution is 5.75. The van der Waals surface area contributed by atoms with Gasteiger partial charge in [-0.15, -0.1) is 0 Å². The number of hydrogen-bond donors (Lipinski definition) is 1. The van der Waals surface area contributed by atoms with Crippen LogP contribution in [-0.2, 0) is 4.79 Å². The average Bonchev–Trinajstić information content (AvgIpc) is 2.28. The Morgan fingerprint density at radius 1 is 1.50 bits per heavy atom. The zero-order chi connectivity index (χ0) is 12.2. The van der Waals surface area contributed by atoms with Gasteiger partial charge in [-0.05, 0) is 39.2 Å². The van der Waals surface area contributed by atoms with Crippen molar-refractivity contribution < 1.29 is 9.90 Å². The minimum atomic E-state index is -0.595. The van der Waals surface area contributed by atoms with E-state index in [1.165, 1.54) is 0 Å². The van der Waals surface area contributed by atoms with E-state index in [9.17, 15) is 9.90 Å². The number of piperidine rings is 1. The molecule has 0 amide bonds. The third-order valence-corrected chi connectivity index (χ3v) is 4.00. The maximum absolute atomic E-state index is 11.5. The number of carboxylic acids is 1. The van der Waals surface area contributed by atoms with Crippen molar-refractivity contribution >= 4 is 5.97 Å². The second-order valence-corrected chi connectivity index (χ2v) is 5.17. The zero-order valence-corrected chi connectivity index (χ0v) is 10.8. The monoisotopic (exact) mass is 227 g/mol. The summed E-state index contributed by atoms with van der Waals surface area (Å²) >= 11 is 0. The molecular formula is C13H25NO2. The first kappa shape index (κ1) is 13.5. The quantitative estimate of drug-likeness (QED) is 0.785. The van der Waals surface area contributed by atoms with Gasteiger partial charge in [0.05, 0.1) is 5.41 Å². The van der Waals surface area contributed by atoms with Crippen molar-refractivity contribution in [3.63, 3.8) is 0 Å². The molecule has 16 heavy (non-hydrogen) atoms. The molecule has 3 nitrogen and oxygen atoms in total. The number of rotatable bonds is 5. The highest BCUT2D eigenvalue weighted by Gasteiger charge is 2.42. The van der Waals surface area contributed by atoms with E-state index in [1.807, 2.05) is 0 Å². The molecule has 1 rings (SSSR count). The Bertz CT molecular complexity index is 238. The van der Waals surface area contributed by atoms with Crippen LogP contribution in [0.5, 0.6) is 0 Å². The summed E-state index contributed by atoms with van der Waals surface area (Å²) in [5.74, 6) is -0.595. The van der Waals surface area contributed by atoms with Gasteiger partial charge in [0.2, 0.25) is 0 Å². The molecule has 2 atom stereocenters. The average molecular weight is 227 g/mol. The van der Waals surface area contributed by atoms with Gasteiger partial charge in [-0.2, -0.15) is 0 Å². The first-order chi connectivity index (χ1) is 7.55. The lowest BCUT2D eigenvalue weighted by Crippen LogP contribution is -2.50. The maximum Gasteiger partial charge on any atom is 0.310 e. The van der Waals surface area contributed by atoms with E-state index in [0.29, 0.717) is 6.04 Å². The van der Waals surface area contributed by atoms with Gasteiger partial charge in [0.25, 0.3) is 0 Å². The molecule has 1 saturated heterocycles. The molecule has 0 spiro atoms. The summed E-state index contributed by atoms with van der Waals surface area (Å²) in [7, 11) is 0. The number of likely N-dealkylation sites (tertiary alicyclic amines) is 1. The largest absolute Gasteiger partial charge is 0.481 e. The number of hydrogen-bond acceptors (Lipinski definition) is 2. The van der Waals surface area contributed by atoms with E-state index in [4.69, 9.17) is 0 Å². The van der Waals surface area contributed by atoms with Crippen molar-refractivity contribution in [1.82, 2.24) is 4.90 Å². The van der Waals surface area contributed by atoms with Crippen LogP contribution in [0.25, 0.3) is 0 Å². The molecule has 0 aromatic carbocycles. The fraction of sp³-hybridized carbons (Fsp3) is 0.923. The molecule has 94 valence electrons. The Morgan fingerprint density at radius 3 is 2.69 bits per heavy atom. The molecule has 1 fully saturated rings. The van der Waals surface area contributed by atoms with E-state index in [0.717, 1.165) is 45.2 Å². The van der Waals surface area contributed by atoms with Gasteiger partial charge >= 0.3 is 5.97 Å². The highest BCUT2D eigenvalue weighted by atomic mass is 16.4. The van der Waals surface area contributed by atoms with Crippen LogP contribution in [0.1, 0.15) is 52.9 Å². The van der Waals surface area contributed by atoms with E-state index in [1.54, 1.807) is 0 Å². The maximum atomic E-state index is 11.5. The Balaban J connectivity index is 2.75. The molecule has 2 unspecified atom stereocenters. The summed E-state index contributed by atoms with van der Waals surface area (Å²) < 4.78 is 0. The fourth-order valence-corrected chi connectivity index (χ4v) is 2.77. The predicted molar refractivity (Wildman–Crippen MR) is 65.5 cm³/mol. The molecule has 0 aromatic heterocycles. The summed E-state index contributed by atoms with van der Waals surface area (Å²) in [6, 6.07) is 0.510. The van der Waals surface area contributed by atoms with Crippen LogP contribution in [0.15, 0.2) is 0 Å². The summed E-state index contributed by atoms with van der Waals surface area (Å²) in [4.78, 5) is 13.9. The van der Waals surface area contributed by atoms with Crippen molar-refractivity contribution in [3.8, 4) is 0 Å². The molecule has 1 N–H and O–H groups in total. The standard InChI is InChI=1S/C13H25NO2/c1-4-7-13(12(15)16)8-6-9-14(10-13)11(3)5-2/h11H,4-10H2,1-3H3,(H,15,16). The normalized spacial score (nSPS) is 28.9. The summed E-state index contributed by atoms with van der Waals surface area (Å²) in [6.07, 6.45) is 4.75. The minimum Gasteiger partial charge on any atom is -0.481 e. The first-order valence-corrected chi connectivity index (χ1v) is 6.53. The molecular weight excluding hydrogens is 202 g/mol. The Hall–Kier alpha value is -0.570. The second-order valence-electron chi connectivity index (χ2n) is 5.17. The van der Waals surface area contributed by atoms with Gasteiger partial charge in [-0.1, -0.05) is 20.3 Å². The van der Waals surface area contributed by atoms with E-state index in [-0.39, 0.29) is 0 Å². The van der Waals surface area contributed by atoms with Crippen molar-refractivity contribution in [2.75, 3.05) is 13.1 Å². The van der Waals surface area contributed by atoms with Crippen LogP contribution in [0, 0.1) is 5.41 Å². The number of carboxylic acid groups (broad SMARTS) is 1. The van der Waals surface area contributed by atoms with Crippen LogP contribution in [-0.4, -0.2) is 35.1 Å². The Kier molecular flexibility index (Phi) is 4.78. The minimum absolute atomic E-state index is 0.476. The van der Waals surface area contributed by atoms with E-state index < -0.39 is 11.4 Å². The van der Waals surface area contributed by atoms with Gasteiger partial charge in [0, 0.05) is 12.6 Å². The van der Waals surface area contributed by atoms with Crippen LogP contribution >= 0.6 is 0 Å². The summed E-state index contributed by atoms with van der Waals surface area (Å²) in [5, 5.41) is 9.47. The number of aliphatic carboxylic acids is 1. The molecule has 1 heterocycles. The van der Waals surface area contributed by atoms with Crippen LogP contribution < -0.4 is 0 Å². The number of carbonyl (C=O) groups is 1. The molecule has 3 heteroatoms. The number of nitrogens with zero attached hydrogens (tertiary/aromatic N) is 1. The van der Waals surface area contributed by atoms with Gasteiger partial charge < -0.3 is 5.11 Å². The molecule has 0 radical (unpaired) electrons. The predicted octanol–water partition coefficient (Wildman–Crippen LogP) is 2.75. The van der Waals surface area contributed by atoms with Crippen LogP contribution in [0.3, 0.4) is 0 Å². The SMILES string of the molecule is CCCC1(C(=O)O)CCCN(C(C)CC)C1. The Labute approximate surface area is 98.8 Å². The van der Waals surface area contributed by atoms with Crippen LogP contribution in [0.4, 0.5) is 0 Å². The molecule has 1 aliphatic heterocycles. The van der Waals surface area contributed by atoms with Gasteiger partial charge in [-0.25, -0.2) is 0 Å². The van der Waals surface area contributed by atoms with Crippen molar-refractivity contribution in [2.24, 2.45) is 5.41 Å². The summed E-state index contributed by atoms with van der Waals surface area (Å²) in [6.45, 7) is 8.25. The third kappa shape index (κ3) is 2.76. The first-order valence-electron chi connectivity index (χ1n) is 6.53. The van der Waals surface area contributed by atoms with Gasteiger partial charge in [0.1, 0.15) is 0 Å². The van der Waals surface area contributed by atoms with E-state index in [2.05, 4.69) is 25.7 Å². The Morgan fingerprint density at radius 2 is 2.19 bits per heavy atom. The summed E-state index contributed by atoms with van der Waals surface area (Å²) in [5.41, 5.74) is -0.476. The molecule has 1 aliphatic rings. The van der Waals surface area contributed by atoms with Crippen molar-refractivity contribution in [1.29, 1.82) is 0 Å². The van der Waals surface area contributed by atoms with Crippen LogP contribution in [0.2, 0.25) is 0 Å². The second kappa shape index (κ2) is 5.67. The lowest BCUT2D eigenvalue weighted by atomic mass is 9.76. The molecule has 0 saturated carbocycles. The molecule has 0 aromatic rings. The van der Waals surface area contributed by atoms with Crippen molar-refractivity contribution in [2.45, 2.75) is 58.9 Å². The highest BCUT2D eigenvalue weighted by Crippen LogP contribution is 2.35. The third-order valence-electron chi connectivity index (χ3n) is 4.00. The fourth-order valence-electron chi connectivity index (χ4n) is 2.77.